The van der Waals surface area contributed by atoms with E-state index >= 15 is 0 Å². The van der Waals surface area contributed by atoms with Crippen LogP contribution in [0.2, 0.25) is 0 Å². The van der Waals surface area contributed by atoms with Crippen molar-refractivity contribution in [1.82, 2.24) is 0 Å². The molecule has 4 aliphatic heterocycles. The van der Waals surface area contributed by atoms with Crippen molar-refractivity contribution in [2.75, 3.05) is 0 Å². The van der Waals surface area contributed by atoms with Gasteiger partial charge in [0.2, 0.25) is 11.9 Å². The zero-order chi connectivity index (χ0) is 22.7. The molecule has 2 saturated carbocycles. The Bertz CT molecular complexity index is 957. The maximum absolute atomic E-state index is 13.4. The van der Waals surface area contributed by atoms with Gasteiger partial charge in [-0.25, -0.2) is 9.59 Å². The highest BCUT2D eigenvalue weighted by Crippen LogP contribution is 2.84. The van der Waals surface area contributed by atoms with Crippen molar-refractivity contribution >= 4 is 17.9 Å². The largest absolute Gasteiger partial charge is 0.456 e. The molecule has 0 amide bonds. The predicted octanol–water partition coefficient (Wildman–Crippen LogP) is -2.40. The van der Waals surface area contributed by atoms with Crippen molar-refractivity contribution in [3.63, 3.8) is 0 Å². The van der Waals surface area contributed by atoms with E-state index in [0.717, 1.165) is 0 Å². The Labute approximate surface area is 176 Å². The molecule has 11 heteroatoms. The summed E-state index contributed by atoms with van der Waals surface area (Å²) in [5.41, 5.74) is -9.40. The predicted molar refractivity (Wildman–Crippen MR) is 93.4 cm³/mol. The fourth-order valence-electron chi connectivity index (χ4n) is 8.27. The number of ether oxygens (including phenoxy) is 4. The number of aliphatic hydroxyl groups excluding tert-OH is 3. The average molecular weight is 440 g/mol. The van der Waals surface area contributed by atoms with Crippen molar-refractivity contribution in [3.05, 3.63) is 0 Å². The summed E-state index contributed by atoms with van der Waals surface area (Å²) in [6, 6.07) is 0. The van der Waals surface area contributed by atoms with Crippen LogP contribution in [0.1, 0.15) is 27.7 Å². The van der Waals surface area contributed by atoms with Crippen LogP contribution in [0.4, 0.5) is 0 Å². The smallest absolute Gasteiger partial charge is 0.343 e. The molecule has 0 radical (unpaired) electrons. The highest BCUT2D eigenvalue weighted by Gasteiger charge is 3.05. The average Bonchev–Trinajstić information content (AvgIpc) is 3.35. The normalized spacial score (nSPS) is 61.0. The molecule has 6 aliphatic rings. The first-order valence-corrected chi connectivity index (χ1v) is 10.3. The van der Waals surface area contributed by atoms with Gasteiger partial charge in [-0.15, -0.1) is 0 Å². The molecule has 6 rings (SSSR count). The number of hydrogen-bond donors (Lipinski definition) is 4. The Hall–Kier alpha value is -1.79. The first kappa shape index (κ1) is 19.9. The Balaban J connectivity index is 1.75. The molecular formula is C20H24O11. The van der Waals surface area contributed by atoms with Crippen LogP contribution in [0, 0.1) is 28.1 Å². The lowest BCUT2D eigenvalue weighted by molar-refractivity contribution is -0.240. The Morgan fingerprint density at radius 2 is 1.58 bits per heavy atom. The number of hydrogen-bond acceptors (Lipinski definition) is 11. The van der Waals surface area contributed by atoms with Crippen LogP contribution in [0.3, 0.4) is 0 Å². The van der Waals surface area contributed by atoms with Gasteiger partial charge in [0, 0.05) is 5.92 Å². The van der Waals surface area contributed by atoms with Gasteiger partial charge in [-0.1, -0.05) is 20.8 Å². The number of fused-ring (bicyclic) bond motifs is 1. The molecule has 11 nitrogen and oxygen atoms in total. The van der Waals surface area contributed by atoms with Gasteiger partial charge < -0.3 is 39.4 Å². The van der Waals surface area contributed by atoms with E-state index in [9.17, 15) is 34.8 Å². The molecule has 2 spiro atoms. The van der Waals surface area contributed by atoms with Gasteiger partial charge in [-0.05, 0) is 12.3 Å². The first-order chi connectivity index (χ1) is 14.3. The molecule has 4 saturated heterocycles. The lowest BCUT2D eigenvalue weighted by Crippen LogP contribution is -2.67. The maximum Gasteiger partial charge on any atom is 0.343 e. The molecule has 170 valence electrons. The van der Waals surface area contributed by atoms with Crippen LogP contribution in [0.15, 0.2) is 0 Å². The van der Waals surface area contributed by atoms with E-state index in [-0.39, 0.29) is 0 Å². The lowest BCUT2D eigenvalue weighted by atomic mass is 9.51. The van der Waals surface area contributed by atoms with Crippen LogP contribution < -0.4 is 0 Å². The molecule has 6 fully saturated rings. The van der Waals surface area contributed by atoms with Crippen molar-refractivity contribution in [2.24, 2.45) is 28.1 Å². The number of rotatable bonds is 0. The quantitative estimate of drug-likeness (QED) is 0.234. The van der Waals surface area contributed by atoms with E-state index in [1.807, 2.05) is 0 Å². The van der Waals surface area contributed by atoms with Crippen molar-refractivity contribution < 1.29 is 53.8 Å². The molecule has 2 aliphatic carbocycles. The standard InChI is InChI=1S/C20H24O11/c1-5-12(24)28-11-8(22)18-10-6(21)7(16(2,3)4)17(18)9(23)13(25)30-15(17)31-20(18,14(26)29-10)19(5,11)27/h5-11,15,21-23,27H,1-4H3/t5-,6-,7+,8-,9+,10-,11+,15+,17-,18+,19+,20+/m0/s1. The first-order valence-electron chi connectivity index (χ1n) is 10.3. The van der Waals surface area contributed by atoms with Gasteiger partial charge in [-0.3, -0.25) is 4.79 Å². The number of carbonyl (C=O) groups is 3. The third kappa shape index (κ3) is 1.43. The fraction of sp³-hybridized carbons (Fsp3) is 0.850. The van der Waals surface area contributed by atoms with E-state index in [2.05, 4.69) is 0 Å². The lowest BCUT2D eigenvalue weighted by Gasteiger charge is -2.47. The third-order valence-corrected chi connectivity index (χ3v) is 8.95. The summed E-state index contributed by atoms with van der Waals surface area (Å²) in [5, 5.41) is 46.1. The second-order valence-corrected chi connectivity index (χ2v) is 10.8. The Morgan fingerprint density at radius 1 is 0.935 bits per heavy atom. The van der Waals surface area contributed by atoms with Crippen molar-refractivity contribution in [3.8, 4) is 0 Å². The van der Waals surface area contributed by atoms with Gasteiger partial charge in [0.15, 0.2) is 17.8 Å². The molecule has 4 heterocycles. The topological polar surface area (TPSA) is 169 Å². The van der Waals surface area contributed by atoms with Crippen LogP contribution in [0.25, 0.3) is 0 Å². The summed E-state index contributed by atoms with van der Waals surface area (Å²) in [6.07, 6.45) is -9.69. The molecule has 31 heavy (non-hydrogen) atoms. The number of esters is 3. The molecule has 0 unspecified atom stereocenters. The van der Waals surface area contributed by atoms with E-state index in [0.29, 0.717) is 0 Å². The highest BCUT2D eigenvalue weighted by molar-refractivity contribution is 5.94. The maximum atomic E-state index is 13.4. The summed E-state index contributed by atoms with van der Waals surface area (Å²) in [4.78, 5) is 38.3. The summed E-state index contributed by atoms with van der Waals surface area (Å²) in [6.45, 7) is 6.63. The van der Waals surface area contributed by atoms with Gasteiger partial charge in [0.25, 0.3) is 0 Å². The monoisotopic (exact) mass is 440 g/mol. The summed E-state index contributed by atoms with van der Waals surface area (Å²) in [5.74, 6) is -5.22. The highest BCUT2D eigenvalue weighted by atomic mass is 16.8. The number of aliphatic hydroxyl groups is 4. The second kappa shape index (κ2) is 4.91. The molecule has 0 aromatic rings. The SMILES string of the molecule is C[C@H]1C(=O)O[C@@H]2[C@H](O)[C@]34[C@H]5OC(=O)[C@]3(O[C@H]3OC(=O)[C@@H](O)[C@@]34[C@@H](C(C)(C)C)[C@@H]5O)[C@]21O. The number of carbonyl (C=O) groups excluding carboxylic acids is 3. The van der Waals surface area contributed by atoms with Crippen molar-refractivity contribution in [1.29, 1.82) is 0 Å². The molecule has 0 bridgehead atoms. The second-order valence-electron chi connectivity index (χ2n) is 10.8. The van der Waals surface area contributed by atoms with E-state index < -0.39 is 94.0 Å². The summed E-state index contributed by atoms with van der Waals surface area (Å²) < 4.78 is 22.2. The summed E-state index contributed by atoms with van der Waals surface area (Å²) in [7, 11) is 0. The minimum Gasteiger partial charge on any atom is -0.456 e. The van der Waals surface area contributed by atoms with Gasteiger partial charge >= 0.3 is 17.9 Å². The zero-order valence-electron chi connectivity index (χ0n) is 17.3. The summed E-state index contributed by atoms with van der Waals surface area (Å²) >= 11 is 0. The molecule has 0 aromatic carbocycles. The van der Waals surface area contributed by atoms with Gasteiger partial charge in [0.1, 0.15) is 12.2 Å². The van der Waals surface area contributed by atoms with Crippen LogP contribution in [0.5, 0.6) is 0 Å². The Morgan fingerprint density at radius 3 is 2.19 bits per heavy atom. The van der Waals surface area contributed by atoms with E-state index in [4.69, 9.17) is 18.9 Å². The molecule has 4 N–H and O–H groups in total. The zero-order valence-corrected chi connectivity index (χ0v) is 17.3. The van der Waals surface area contributed by atoms with E-state index in [1.54, 1.807) is 20.8 Å². The molecule has 12 atom stereocenters. The Kier molecular flexibility index (Phi) is 3.15. The van der Waals surface area contributed by atoms with E-state index in [1.165, 1.54) is 6.92 Å². The molecular weight excluding hydrogens is 416 g/mol. The van der Waals surface area contributed by atoms with Crippen LogP contribution in [-0.4, -0.2) is 86.3 Å². The third-order valence-electron chi connectivity index (χ3n) is 8.95. The van der Waals surface area contributed by atoms with Crippen LogP contribution >= 0.6 is 0 Å². The van der Waals surface area contributed by atoms with Gasteiger partial charge in [-0.2, -0.15) is 0 Å². The molecule has 0 aromatic heterocycles. The minimum atomic E-state index is -2.40. The fourth-order valence-corrected chi connectivity index (χ4v) is 8.27. The van der Waals surface area contributed by atoms with Crippen molar-refractivity contribution in [2.45, 2.75) is 75.7 Å². The van der Waals surface area contributed by atoms with Gasteiger partial charge in [0.05, 0.1) is 22.9 Å². The minimum absolute atomic E-state index is 0.792. The van der Waals surface area contributed by atoms with Crippen LogP contribution in [-0.2, 0) is 33.3 Å².